The third-order valence-corrected chi connectivity index (χ3v) is 3.68. The van der Waals surface area contributed by atoms with Gasteiger partial charge < -0.3 is 9.47 Å². The molecule has 2 aliphatic rings. The molecule has 2 rings (SSSR count). The van der Waals surface area contributed by atoms with Crippen molar-refractivity contribution in [1.82, 2.24) is 0 Å². The normalized spacial score (nSPS) is 23.3. The van der Waals surface area contributed by atoms with Crippen LogP contribution in [0.2, 0.25) is 0 Å². The SMILES string of the molecule is C1=CCC(CCCCCCOC2CCCCO2)=C1. The van der Waals surface area contributed by atoms with Gasteiger partial charge in [-0.25, -0.2) is 0 Å². The Kier molecular flexibility index (Phi) is 6.52. The lowest BCUT2D eigenvalue weighted by Gasteiger charge is -2.22. The lowest BCUT2D eigenvalue weighted by Crippen LogP contribution is -2.22. The summed E-state index contributed by atoms with van der Waals surface area (Å²) in [4.78, 5) is 0. The van der Waals surface area contributed by atoms with E-state index in [1.54, 1.807) is 5.57 Å². The number of ether oxygens (including phenoxy) is 2. The van der Waals surface area contributed by atoms with E-state index in [-0.39, 0.29) is 6.29 Å². The first kappa shape index (κ1) is 13.8. The van der Waals surface area contributed by atoms with Crippen LogP contribution >= 0.6 is 0 Å². The Hall–Kier alpha value is -0.600. The fourth-order valence-electron chi connectivity index (χ4n) is 2.54. The van der Waals surface area contributed by atoms with Gasteiger partial charge in [-0.1, -0.05) is 36.6 Å². The van der Waals surface area contributed by atoms with Crippen molar-refractivity contribution >= 4 is 0 Å². The van der Waals surface area contributed by atoms with E-state index in [4.69, 9.17) is 9.47 Å². The molecule has 1 aliphatic carbocycles. The Labute approximate surface area is 111 Å². The maximum atomic E-state index is 5.72. The van der Waals surface area contributed by atoms with Gasteiger partial charge in [0, 0.05) is 13.2 Å². The summed E-state index contributed by atoms with van der Waals surface area (Å²) in [7, 11) is 0. The largest absolute Gasteiger partial charge is 0.353 e. The molecule has 0 saturated carbocycles. The smallest absolute Gasteiger partial charge is 0.157 e. The highest BCUT2D eigenvalue weighted by molar-refractivity contribution is 5.22. The zero-order chi connectivity index (χ0) is 12.5. The molecule has 18 heavy (non-hydrogen) atoms. The van der Waals surface area contributed by atoms with Gasteiger partial charge in [-0.15, -0.1) is 0 Å². The van der Waals surface area contributed by atoms with Gasteiger partial charge in [-0.2, -0.15) is 0 Å². The zero-order valence-corrected chi connectivity index (χ0v) is 11.4. The molecule has 102 valence electrons. The molecule has 1 aliphatic heterocycles. The summed E-state index contributed by atoms with van der Waals surface area (Å²) >= 11 is 0. The van der Waals surface area contributed by atoms with Gasteiger partial charge >= 0.3 is 0 Å². The monoisotopic (exact) mass is 250 g/mol. The minimum absolute atomic E-state index is 0.0912. The molecule has 0 aromatic carbocycles. The Bertz CT molecular complexity index is 275. The second kappa shape index (κ2) is 8.49. The van der Waals surface area contributed by atoms with Gasteiger partial charge in [0.15, 0.2) is 6.29 Å². The molecular formula is C16H26O2. The number of hydrogen-bond acceptors (Lipinski definition) is 2. The van der Waals surface area contributed by atoms with Crippen molar-refractivity contribution in [2.45, 2.75) is 64.1 Å². The van der Waals surface area contributed by atoms with Crippen LogP contribution in [0.15, 0.2) is 23.8 Å². The maximum absolute atomic E-state index is 5.72. The third kappa shape index (κ3) is 5.36. The molecule has 0 amide bonds. The summed E-state index contributed by atoms with van der Waals surface area (Å²) in [5.74, 6) is 0. The lowest BCUT2D eigenvalue weighted by atomic mass is 10.1. The average Bonchev–Trinajstić information content (AvgIpc) is 2.92. The molecule has 0 radical (unpaired) electrons. The van der Waals surface area contributed by atoms with Crippen molar-refractivity contribution in [3.8, 4) is 0 Å². The Morgan fingerprint density at radius 2 is 2.11 bits per heavy atom. The highest BCUT2D eigenvalue weighted by Crippen LogP contribution is 2.18. The van der Waals surface area contributed by atoms with Crippen LogP contribution in [0.3, 0.4) is 0 Å². The van der Waals surface area contributed by atoms with Crippen LogP contribution in [0.1, 0.15) is 57.8 Å². The van der Waals surface area contributed by atoms with Crippen LogP contribution < -0.4 is 0 Å². The van der Waals surface area contributed by atoms with Crippen LogP contribution in [0.4, 0.5) is 0 Å². The van der Waals surface area contributed by atoms with E-state index in [0.29, 0.717) is 0 Å². The summed E-state index contributed by atoms with van der Waals surface area (Å²) in [6.45, 7) is 1.75. The summed E-state index contributed by atoms with van der Waals surface area (Å²) in [5.41, 5.74) is 1.60. The topological polar surface area (TPSA) is 18.5 Å². The highest BCUT2D eigenvalue weighted by atomic mass is 16.7. The molecule has 2 nitrogen and oxygen atoms in total. The van der Waals surface area contributed by atoms with Gasteiger partial charge in [-0.05, 0) is 44.9 Å². The van der Waals surface area contributed by atoms with E-state index in [1.807, 2.05) is 0 Å². The molecule has 1 unspecified atom stereocenters. The molecule has 1 saturated heterocycles. The fraction of sp³-hybridized carbons (Fsp3) is 0.750. The van der Waals surface area contributed by atoms with Crippen molar-refractivity contribution in [2.24, 2.45) is 0 Å². The second-order valence-corrected chi connectivity index (χ2v) is 5.29. The van der Waals surface area contributed by atoms with Crippen molar-refractivity contribution in [2.75, 3.05) is 13.2 Å². The maximum Gasteiger partial charge on any atom is 0.157 e. The number of rotatable bonds is 8. The minimum atomic E-state index is 0.0912. The van der Waals surface area contributed by atoms with Gasteiger partial charge in [0.25, 0.3) is 0 Å². The molecule has 0 N–H and O–H groups in total. The molecule has 0 aromatic heterocycles. The van der Waals surface area contributed by atoms with Crippen molar-refractivity contribution in [3.05, 3.63) is 23.8 Å². The van der Waals surface area contributed by atoms with Crippen molar-refractivity contribution in [1.29, 1.82) is 0 Å². The molecule has 0 aromatic rings. The highest BCUT2D eigenvalue weighted by Gasteiger charge is 2.13. The predicted molar refractivity (Wildman–Crippen MR) is 74.5 cm³/mol. The average molecular weight is 250 g/mol. The van der Waals surface area contributed by atoms with E-state index in [1.165, 1.54) is 51.4 Å². The molecule has 1 atom stereocenters. The Morgan fingerprint density at radius 1 is 1.17 bits per heavy atom. The van der Waals surface area contributed by atoms with Crippen molar-refractivity contribution < 1.29 is 9.47 Å². The van der Waals surface area contributed by atoms with Gasteiger partial charge in [0.05, 0.1) is 0 Å². The predicted octanol–water partition coefficient (Wildman–Crippen LogP) is 4.37. The summed E-state index contributed by atoms with van der Waals surface area (Å²) in [5, 5.41) is 0. The summed E-state index contributed by atoms with van der Waals surface area (Å²) < 4.78 is 11.3. The Morgan fingerprint density at radius 3 is 2.89 bits per heavy atom. The van der Waals surface area contributed by atoms with E-state index >= 15 is 0 Å². The van der Waals surface area contributed by atoms with Crippen LogP contribution in [-0.4, -0.2) is 19.5 Å². The zero-order valence-electron chi connectivity index (χ0n) is 11.4. The molecule has 2 heteroatoms. The number of unbranched alkanes of at least 4 members (excludes halogenated alkanes) is 3. The summed E-state index contributed by atoms with van der Waals surface area (Å²) in [6, 6.07) is 0. The molecule has 0 bridgehead atoms. The summed E-state index contributed by atoms with van der Waals surface area (Å²) in [6.07, 6.45) is 17.9. The van der Waals surface area contributed by atoms with Gasteiger partial charge in [0.1, 0.15) is 0 Å². The first-order valence-corrected chi connectivity index (χ1v) is 7.53. The van der Waals surface area contributed by atoms with Crippen LogP contribution in [0.25, 0.3) is 0 Å². The van der Waals surface area contributed by atoms with Crippen molar-refractivity contribution in [3.63, 3.8) is 0 Å². The van der Waals surface area contributed by atoms with E-state index in [9.17, 15) is 0 Å². The van der Waals surface area contributed by atoms with E-state index < -0.39 is 0 Å². The quantitative estimate of drug-likeness (QED) is 0.596. The van der Waals surface area contributed by atoms with Crippen LogP contribution in [-0.2, 0) is 9.47 Å². The molecule has 0 spiro atoms. The Balaban J connectivity index is 1.37. The first-order chi connectivity index (χ1) is 8.95. The third-order valence-electron chi connectivity index (χ3n) is 3.68. The molecule has 1 fully saturated rings. The minimum Gasteiger partial charge on any atom is -0.353 e. The number of hydrogen-bond donors (Lipinski definition) is 0. The molecular weight excluding hydrogens is 224 g/mol. The van der Waals surface area contributed by atoms with E-state index in [2.05, 4.69) is 18.2 Å². The molecule has 1 heterocycles. The second-order valence-electron chi connectivity index (χ2n) is 5.29. The lowest BCUT2D eigenvalue weighted by molar-refractivity contribution is -0.162. The van der Waals surface area contributed by atoms with Gasteiger partial charge in [0.2, 0.25) is 0 Å². The fourth-order valence-corrected chi connectivity index (χ4v) is 2.54. The first-order valence-electron chi connectivity index (χ1n) is 7.53. The van der Waals surface area contributed by atoms with E-state index in [0.717, 1.165) is 19.6 Å². The van der Waals surface area contributed by atoms with Crippen LogP contribution in [0.5, 0.6) is 0 Å². The van der Waals surface area contributed by atoms with Gasteiger partial charge in [-0.3, -0.25) is 0 Å². The standard InChI is InChI=1S/C16H26O2/c1(3-9-15-10-4-5-11-15)2-7-13-17-16-12-6-8-14-18-16/h4-5,10,16H,1-3,6-9,11-14H2. The van der Waals surface area contributed by atoms with Crippen LogP contribution in [0, 0.1) is 0 Å². The number of allylic oxidation sites excluding steroid dienone is 4.